The number of aliphatic hydroxyl groups is 3. The maximum Gasteiger partial charge on any atom is 0.380 e. The predicted octanol–water partition coefficient (Wildman–Crippen LogP) is -1.19. The summed E-state index contributed by atoms with van der Waals surface area (Å²) in [6.07, 6.45) is -3.65. The van der Waals surface area contributed by atoms with Gasteiger partial charge >= 0.3 is 23.7 Å². The van der Waals surface area contributed by atoms with E-state index in [1.54, 1.807) is 6.92 Å². The molecule has 0 aromatic heterocycles. The van der Waals surface area contributed by atoms with E-state index in [0.29, 0.717) is 6.42 Å². The maximum absolute atomic E-state index is 13.5. The van der Waals surface area contributed by atoms with Gasteiger partial charge in [-0.2, -0.15) is 0 Å². The van der Waals surface area contributed by atoms with Crippen LogP contribution in [0.5, 0.6) is 0 Å². The quantitative estimate of drug-likeness (QED) is 0.211. The number of carboxylic acid groups (broad SMARTS) is 2. The molecule has 204 valence electrons. The Morgan fingerprint density at radius 1 is 1.11 bits per heavy atom. The number of nitrogens with zero attached hydrogens (tertiary/aromatic N) is 1. The molecule has 2 saturated heterocycles. The summed E-state index contributed by atoms with van der Waals surface area (Å²) in [6.45, 7) is 4.41. The molecule has 6 N–H and O–H groups in total. The molecule has 3 aliphatic rings. The molecule has 13 heteroatoms. The normalized spacial score (nSPS) is 38.1. The first-order valence-electron chi connectivity index (χ1n) is 12.3. The molecule has 3 fully saturated rings. The number of ether oxygens (including phenoxy) is 2. The molecule has 0 aromatic carbocycles. The van der Waals surface area contributed by atoms with Crippen LogP contribution < -0.4 is 5.32 Å². The van der Waals surface area contributed by atoms with E-state index in [0.717, 1.165) is 19.3 Å². The lowest BCUT2D eigenvalue weighted by Gasteiger charge is -2.44. The molecule has 2 heterocycles. The molecule has 13 nitrogen and oxygen atoms in total. The van der Waals surface area contributed by atoms with Gasteiger partial charge in [0.2, 0.25) is 5.91 Å². The minimum absolute atomic E-state index is 0.0433. The molecule has 0 spiro atoms. The third-order valence-electron chi connectivity index (χ3n) is 7.60. The fraction of sp³-hybridized carbons (Fsp3) is 0.826. The summed E-state index contributed by atoms with van der Waals surface area (Å²) in [4.78, 5) is 51.8. The largest absolute Gasteiger partial charge is 0.480 e. The summed E-state index contributed by atoms with van der Waals surface area (Å²) < 4.78 is 10.5. The molecule has 1 saturated carbocycles. The van der Waals surface area contributed by atoms with Gasteiger partial charge in [-0.15, -0.1) is 0 Å². The van der Waals surface area contributed by atoms with Crippen LogP contribution in [0.25, 0.3) is 0 Å². The Morgan fingerprint density at radius 3 is 2.33 bits per heavy atom. The van der Waals surface area contributed by atoms with Crippen LogP contribution in [0.3, 0.4) is 0 Å². The average molecular weight is 517 g/mol. The zero-order valence-electron chi connectivity index (χ0n) is 20.6. The van der Waals surface area contributed by atoms with E-state index in [1.165, 1.54) is 18.7 Å². The molecule has 0 radical (unpaired) electrons. The van der Waals surface area contributed by atoms with Crippen molar-refractivity contribution in [3.05, 3.63) is 0 Å². The summed E-state index contributed by atoms with van der Waals surface area (Å²) in [5.41, 5.74) is 0. The number of carboxylic acids is 2. The molecule has 0 bridgehead atoms. The lowest BCUT2D eigenvalue weighted by molar-refractivity contribution is -0.336. The number of likely N-dealkylation sites (tertiary alicyclic amines) is 1. The van der Waals surface area contributed by atoms with Crippen molar-refractivity contribution in [3.8, 4) is 0 Å². The number of esters is 1. The standard InChI is InChI=1S/C23H36N2O11/c1-4-13(20(30)31)24-10(2)19(29)25-14-8-6-5-7-12(14)9-15(25)21(32)36-23(22(33)34)18(28)17(27)16(26)11(3)35-23/h10-18,24,26-28H,4-9H2,1-3H3,(H,30,31)(H,33,34)/t10?,11-,12+,13?,14+,15+,16+,17+,18-,23-/m1/s1. The second kappa shape index (κ2) is 11.0. The number of aliphatic hydroxyl groups excluding tert-OH is 3. The molecule has 10 atom stereocenters. The van der Waals surface area contributed by atoms with Crippen molar-refractivity contribution in [1.29, 1.82) is 0 Å². The summed E-state index contributed by atoms with van der Waals surface area (Å²) in [6, 6.07) is -3.45. The van der Waals surface area contributed by atoms with E-state index in [4.69, 9.17) is 9.47 Å². The third kappa shape index (κ3) is 5.07. The van der Waals surface area contributed by atoms with Crippen LogP contribution in [0.15, 0.2) is 0 Å². The number of nitrogens with one attached hydrogen (secondary N) is 1. The van der Waals surface area contributed by atoms with Gasteiger partial charge in [0.25, 0.3) is 0 Å². The molecule has 3 rings (SSSR count). The maximum atomic E-state index is 13.5. The summed E-state index contributed by atoms with van der Waals surface area (Å²) in [5, 5.41) is 52.5. The van der Waals surface area contributed by atoms with Gasteiger partial charge in [0.05, 0.1) is 12.1 Å². The fourth-order valence-electron chi connectivity index (χ4n) is 5.58. The van der Waals surface area contributed by atoms with Crippen molar-refractivity contribution in [2.75, 3.05) is 0 Å². The van der Waals surface area contributed by atoms with E-state index in [2.05, 4.69) is 5.32 Å². The molecular weight excluding hydrogens is 480 g/mol. The highest BCUT2D eigenvalue weighted by Gasteiger charge is 2.62. The van der Waals surface area contributed by atoms with Crippen LogP contribution in [-0.2, 0) is 28.7 Å². The van der Waals surface area contributed by atoms with Gasteiger partial charge in [-0.3, -0.25) is 14.9 Å². The van der Waals surface area contributed by atoms with Crippen LogP contribution >= 0.6 is 0 Å². The predicted molar refractivity (Wildman–Crippen MR) is 120 cm³/mol. The number of carbonyl (C=O) groups is 4. The number of carbonyl (C=O) groups excluding carboxylic acids is 2. The Morgan fingerprint density at radius 2 is 1.75 bits per heavy atom. The van der Waals surface area contributed by atoms with Crippen molar-refractivity contribution in [2.45, 2.75) is 114 Å². The van der Waals surface area contributed by atoms with Crippen molar-refractivity contribution in [1.82, 2.24) is 10.2 Å². The number of fused-ring (bicyclic) bond motifs is 1. The highest BCUT2D eigenvalue weighted by Crippen LogP contribution is 2.41. The van der Waals surface area contributed by atoms with Gasteiger partial charge in [-0.25, -0.2) is 9.59 Å². The minimum atomic E-state index is -2.99. The highest BCUT2D eigenvalue weighted by atomic mass is 16.8. The number of hydrogen-bond donors (Lipinski definition) is 6. The third-order valence-corrected chi connectivity index (χ3v) is 7.60. The zero-order chi connectivity index (χ0) is 26.9. The first-order chi connectivity index (χ1) is 16.8. The molecule has 2 unspecified atom stereocenters. The van der Waals surface area contributed by atoms with Gasteiger partial charge in [-0.1, -0.05) is 19.8 Å². The number of hydrogen-bond acceptors (Lipinski definition) is 10. The van der Waals surface area contributed by atoms with E-state index in [9.17, 15) is 44.7 Å². The molecule has 0 aromatic rings. The second-order valence-electron chi connectivity index (χ2n) is 9.94. The Kier molecular flexibility index (Phi) is 8.61. The number of aliphatic carboxylic acids is 2. The van der Waals surface area contributed by atoms with Crippen molar-refractivity contribution < 1.29 is 54.2 Å². The fourth-order valence-corrected chi connectivity index (χ4v) is 5.58. The minimum Gasteiger partial charge on any atom is -0.480 e. The lowest BCUT2D eigenvalue weighted by Crippen LogP contribution is -2.69. The van der Waals surface area contributed by atoms with E-state index in [1.807, 2.05) is 0 Å². The van der Waals surface area contributed by atoms with Gasteiger partial charge in [-0.05, 0) is 45.4 Å². The Balaban J connectivity index is 1.88. The average Bonchev–Trinajstić information content (AvgIpc) is 3.23. The van der Waals surface area contributed by atoms with Crippen LogP contribution in [-0.4, -0.2) is 109 Å². The SMILES string of the molecule is CCC(NC(C)C(=O)N1[C@H](C(=O)O[C@]2(C(=O)O)O[C@H](C)[C@H](O)[C@H](O)[C@H]2O)C[C@@H]2CCCC[C@@H]21)C(=O)O. The van der Waals surface area contributed by atoms with E-state index in [-0.39, 0.29) is 24.8 Å². The number of amides is 1. The highest BCUT2D eigenvalue weighted by molar-refractivity contribution is 5.90. The van der Waals surface area contributed by atoms with Crippen molar-refractivity contribution in [2.24, 2.45) is 5.92 Å². The molecule has 1 amide bonds. The van der Waals surface area contributed by atoms with Gasteiger partial charge in [0.15, 0.2) is 6.10 Å². The second-order valence-corrected chi connectivity index (χ2v) is 9.94. The lowest BCUT2D eigenvalue weighted by atomic mass is 9.84. The summed E-state index contributed by atoms with van der Waals surface area (Å²) >= 11 is 0. The van der Waals surface area contributed by atoms with Gasteiger partial charge in [0.1, 0.15) is 24.3 Å². The Hall–Kier alpha value is -2.32. The summed E-state index contributed by atoms with van der Waals surface area (Å²) in [7, 11) is 0. The van der Waals surface area contributed by atoms with Gasteiger partial charge < -0.3 is 39.9 Å². The molecule has 2 aliphatic heterocycles. The van der Waals surface area contributed by atoms with Crippen LogP contribution in [0.1, 0.15) is 59.3 Å². The first-order valence-corrected chi connectivity index (χ1v) is 12.3. The monoisotopic (exact) mass is 516 g/mol. The van der Waals surface area contributed by atoms with Gasteiger partial charge in [0, 0.05) is 6.04 Å². The zero-order valence-corrected chi connectivity index (χ0v) is 20.6. The van der Waals surface area contributed by atoms with Crippen molar-refractivity contribution in [3.63, 3.8) is 0 Å². The Labute approximate surface area is 208 Å². The smallest absolute Gasteiger partial charge is 0.380 e. The van der Waals surface area contributed by atoms with Crippen LogP contribution in [0.2, 0.25) is 0 Å². The molecule has 36 heavy (non-hydrogen) atoms. The molecular formula is C23H36N2O11. The summed E-state index contributed by atoms with van der Waals surface area (Å²) in [5.74, 6) is -7.68. The van der Waals surface area contributed by atoms with E-state index >= 15 is 0 Å². The van der Waals surface area contributed by atoms with Crippen LogP contribution in [0, 0.1) is 5.92 Å². The topological polar surface area (TPSA) is 203 Å². The first kappa shape index (κ1) is 28.3. The van der Waals surface area contributed by atoms with Crippen LogP contribution in [0.4, 0.5) is 0 Å². The van der Waals surface area contributed by atoms with Crippen molar-refractivity contribution >= 4 is 23.8 Å². The number of rotatable bonds is 8. The molecule has 1 aliphatic carbocycles. The van der Waals surface area contributed by atoms with E-state index < -0.39 is 72.1 Å². The Bertz CT molecular complexity index is 869.